The van der Waals surface area contributed by atoms with Gasteiger partial charge in [0.15, 0.2) is 0 Å². The van der Waals surface area contributed by atoms with Gasteiger partial charge in [0.05, 0.1) is 11.4 Å². The molecule has 5 nitrogen and oxygen atoms in total. The van der Waals surface area contributed by atoms with Crippen molar-refractivity contribution in [1.29, 1.82) is 0 Å². The van der Waals surface area contributed by atoms with Crippen LogP contribution in [0.5, 0.6) is 0 Å². The number of carbonyl (C=O) groups is 1. The number of carbonyl (C=O) groups excluding carboxylic acids is 1. The minimum Gasteiger partial charge on any atom is -0.381 e. The molecule has 1 saturated heterocycles. The van der Waals surface area contributed by atoms with Crippen LogP contribution in [0, 0.1) is 0 Å². The zero-order chi connectivity index (χ0) is 13.9. The summed E-state index contributed by atoms with van der Waals surface area (Å²) >= 11 is 0. The molecule has 2 atom stereocenters. The molecule has 0 aliphatic carbocycles. The van der Waals surface area contributed by atoms with Crippen molar-refractivity contribution in [3.63, 3.8) is 0 Å². The summed E-state index contributed by atoms with van der Waals surface area (Å²) in [4.78, 5) is 14.6. The number of likely N-dealkylation sites (tertiary alicyclic amines) is 1. The van der Waals surface area contributed by atoms with Crippen molar-refractivity contribution in [3.05, 3.63) is 24.3 Å². The Kier molecular flexibility index (Phi) is 3.78. The second-order valence-corrected chi connectivity index (χ2v) is 5.65. The third kappa shape index (κ3) is 2.72. The predicted molar refractivity (Wildman–Crippen MR) is 81.0 cm³/mol. The van der Waals surface area contributed by atoms with Gasteiger partial charge in [0.1, 0.15) is 6.04 Å². The molecule has 2 heterocycles. The van der Waals surface area contributed by atoms with E-state index in [0.29, 0.717) is 12.6 Å². The first-order chi connectivity index (χ1) is 9.74. The number of hydrogen-bond acceptors (Lipinski definition) is 4. The SMILES string of the molecule is CN1CCCC1CNC(=O)C1CNc2ccccc2N1. The number of fused-ring (bicyclic) bond motifs is 1. The molecule has 2 unspecified atom stereocenters. The Morgan fingerprint density at radius 2 is 2.20 bits per heavy atom. The van der Waals surface area contributed by atoms with E-state index >= 15 is 0 Å². The van der Waals surface area contributed by atoms with Crippen molar-refractivity contribution < 1.29 is 4.79 Å². The Morgan fingerprint density at radius 3 is 2.95 bits per heavy atom. The molecule has 0 saturated carbocycles. The molecule has 3 N–H and O–H groups in total. The maximum atomic E-state index is 12.2. The van der Waals surface area contributed by atoms with Gasteiger partial charge in [-0.2, -0.15) is 0 Å². The van der Waals surface area contributed by atoms with Gasteiger partial charge in [-0.05, 0) is 38.6 Å². The van der Waals surface area contributed by atoms with Crippen molar-refractivity contribution in [1.82, 2.24) is 10.2 Å². The van der Waals surface area contributed by atoms with Gasteiger partial charge in [-0.15, -0.1) is 0 Å². The summed E-state index contributed by atoms with van der Waals surface area (Å²) < 4.78 is 0. The number of anilines is 2. The van der Waals surface area contributed by atoms with Crippen LogP contribution in [0.1, 0.15) is 12.8 Å². The van der Waals surface area contributed by atoms with E-state index in [1.165, 1.54) is 12.8 Å². The molecule has 0 bridgehead atoms. The monoisotopic (exact) mass is 274 g/mol. The Bertz CT molecular complexity index is 491. The van der Waals surface area contributed by atoms with Crippen LogP contribution in [-0.4, -0.2) is 49.6 Å². The molecule has 5 heteroatoms. The molecular weight excluding hydrogens is 252 g/mol. The van der Waals surface area contributed by atoms with Crippen LogP contribution < -0.4 is 16.0 Å². The van der Waals surface area contributed by atoms with Crippen molar-refractivity contribution >= 4 is 17.3 Å². The van der Waals surface area contributed by atoms with Crippen LogP contribution in [0.25, 0.3) is 0 Å². The summed E-state index contributed by atoms with van der Waals surface area (Å²) in [5, 5.41) is 9.66. The van der Waals surface area contributed by atoms with E-state index in [2.05, 4.69) is 27.9 Å². The van der Waals surface area contributed by atoms with E-state index in [0.717, 1.165) is 24.5 Å². The molecule has 1 aromatic carbocycles. The molecule has 2 aliphatic heterocycles. The number of para-hydroxylation sites is 2. The van der Waals surface area contributed by atoms with Gasteiger partial charge in [-0.25, -0.2) is 0 Å². The van der Waals surface area contributed by atoms with Crippen LogP contribution in [0.4, 0.5) is 11.4 Å². The first-order valence-corrected chi connectivity index (χ1v) is 7.31. The fourth-order valence-electron chi connectivity index (χ4n) is 2.95. The lowest BCUT2D eigenvalue weighted by Crippen LogP contribution is -2.48. The molecule has 20 heavy (non-hydrogen) atoms. The van der Waals surface area contributed by atoms with Gasteiger partial charge < -0.3 is 20.9 Å². The fourth-order valence-corrected chi connectivity index (χ4v) is 2.95. The van der Waals surface area contributed by atoms with Crippen LogP contribution in [0.2, 0.25) is 0 Å². The molecule has 2 aliphatic rings. The van der Waals surface area contributed by atoms with Crippen LogP contribution in [0.3, 0.4) is 0 Å². The molecule has 0 spiro atoms. The Balaban J connectivity index is 1.54. The minimum absolute atomic E-state index is 0.0762. The number of amides is 1. The summed E-state index contributed by atoms with van der Waals surface area (Å²) in [6.45, 7) is 2.51. The molecule has 0 radical (unpaired) electrons. The van der Waals surface area contributed by atoms with Crippen molar-refractivity contribution in [2.45, 2.75) is 24.9 Å². The molecule has 1 fully saturated rings. The third-order valence-corrected chi connectivity index (χ3v) is 4.25. The summed E-state index contributed by atoms with van der Waals surface area (Å²) in [6, 6.07) is 8.26. The van der Waals surface area contributed by atoms with Crippen LogP contribution in [-0.2, 0) is 4.79 Å². The zero-order valence-corrected chi connectivity index (χ0v) is 11.9. The van der Waals surface area contributed by atoms with Crippen molar-refractivity contribution in [2.24, 2.45) is 0 Å². The highest BCUT2D eigenvalue weighted by Crippen LogP contribution is 2.25. The minimum atomic E-state index is -0.198. The van der Waals surface area contributed by atoms with E-state index in [4.69, 9.17) is 0 Å². The third-order valence-electron chi connectivity index (χ3n) is 4.25. The molecule has 0 aromatic heterocycles. The van der Waals surface area contributed by atoms with Gasteiger partial charge >= 0.3 is 0 Å². The summed E-state index contributed by atoms with van der Waals surface area (Å²) in [5.41, 5.74) is 2.06. The molecule has 3 rings (SSSR count). The fraction of sp³-hybridized carbons (Fsp3) is 0.533. The summed E-state index contributed by atoms with van der Waals surface area (Å²) in [5.74, 6) is 0.0762. The van der Waals surface area contributed by atoms with E-state index in [1.807, 2.05) is 24.3 Å². The van der Waals surface area contributed by atoms with Gasteiger partial charge in [0.2, 0.25) is 5.91 Å². The predicted octanol–water partition coefficient (Wildman–Crippen LogP) is 1.10. The number of nitrogens with one attached hydrogen (secondary N) is 3. The topological polar surface area (TPSA) is 56.4 Å². The zero-order valence-electron chi connectivity index (χ0n) is 11.9. The molecule has 1 aromatic rings. The number of rotatable bonds is 3. The number of hydrogen-bond donors (Lipinski definition) is 3. The smallest absolute Gasteiger partial charge is 0.244 e. The Hall–Kier alpha value is -1.75. The van der Waals surface area contributed by atoms with E-state index < -0.39 is 0 Å². The second kappa shape index (κ2) is 5.71. The standard InChI is InChI=1S/C15H22N4O/c1-19-8-4-5-11(19)9-17-15(20)14-10-16-12-6-2-3-7-13(12)18-14/h2-3,6-7,11,14,16,18H,4-5,8-10H2,1H3,(H,17,20). The lowest BCUT2D eigenvalue weighted by molar-refractivity contribution is -0.121. The van der Waals surface area contributed by atoms with Gasteiger partial charge in [-0.1, -0.05) is 12.1 Å². The highest BCUT2D eigenvalue weighted by atomic mass is 16.2. The van der Waals surface area contributed by atoms with Crippen molar-refractivity contribution in [3.8, 4) is 0 Å². The van der Waals surface area contributed by atoms with Crippen LogP contribution >= 0.6 is 0 Å². The van der Waals surface area contributed by atoms with Crippen molar-refractivity contribution in [2.75, 3.05) is 37.3 Å². The van der Waals surface area contributed by atoms with Crippen LogP contribution in [0.15, 0.2) is 24.3 Å². The second-order valence-electron chi connectivity index (χ2n) is 5.65. The lowest BCUT2D eigenvalue weighted by atomic mass is 10.1. The molecule has 1 amide bonds. The quantitative estimate of drug-likeness (QED) is 0.773. The first-order valence-electron chi connectivity index (χ1n) is 7.31. The highest BCUT2D eigenvalue weighted by Gasteiger charge is 2.25. The molecular formula is C15H22N4O. The summed E-state index contributed by atoms with van der Waals surface area (Å²) in [7, 11) is 2.13. The van der Waals surface area contributed by atoms with Gasteiger partial charge in [-0.3, -0.25) is 4.79 Å². The highest BCUT2D eigenvalue weighted by molar-refractivity contribution is 5.88. The Morgan fingerprint density at radius 1 is 1.40 bits per heavy atom. The number of nitrogens with zero attached hydrogens (tertiary/aromatic N) is 1. The largest absolute Gasteiger partial charge is 0.381 e. The average Bonchev–Trinajstić information content (AvgIpc) is 2.89. The van der Waals surface area contributed by atoms with E-state index in [9.17, 15) is 4.79 Å². The van der Waals surface area contributed by atoms with Gasteiger partial charge in [0.25, 0.3) is 0 Å². The summed E-state index contributed by atoms with van der Waals surface area (Å²) in [6.07, 6.45) is 2.41. The lowest BCUT2D eigenvalue weighted by Gasteiger charge is -2.28. The number of likely N-dealkylation sites (N-methyl/N-ethyl adjacent to an activating group) is 1. The maximum absolute atomic E-state index is 12.2. The average molecular weight is 274 g/mol. The van der Waals surface area contributed by atoms with Gasteiger partial charge in [0, 0.05) is 19.1 Å². The Labute approximate surface area is 119 Å². The molecule has 108 valence electrons. The number of benzene rings is 1. The first kappa shape index (κ1) is 13.2. The normalized spacial score (nSPS) is 25.4. The maximum Gasteiger partial charge on any atom is 0.244 e. The van der Waals surface area contributed by atoms with E-state index in [-0.39, 0.29) is 11.9 Å². The van der Waals surface area contributed by atoms with E-state index in [1.54, 1.807) is 0 Å².